The van der Waals surface area contributed by atoms with Crippen molar-refractivity contribution >= 4 is 17.7 Å². The Hall–Kier alpha value is -4.09. The molecule has 1 aliphatic heterocycles. The van der Waals surface area contributed by atoms with Gasteiger partial charge in [0.05, 0.1) is 20.3 Å². The first-order valence-electron chi connectivity index (χ1n) is 12.6. The summed E-state index contributed by atoms with van der Waals surface area (Å²) >= 11 is 6.33. The molecule has 0 bridgehead atoms. The smallest absolute Gasteiger partial charge is 0.278 e. The second kappa shape index (κ2) is 10.2. The van der Waals surface area contributed by atoms with Gasteiger partial charge in [-0.3, -0.25) is 19.3 Å². The second-order valence-corrected chi connectivity index (χ2v) is 9.51. The summed E-state index contributed by atoms with van der Waals surface area (Å²) in [4.78, 5) is 29.5. The standard InChI is InChI=1S/C27H21ClF3N5O3/c1-27(2,38)26-32-8-7-18(35-26)23-22(31)24-14(11-34-23)5-3-4-6-16-10-20(21(28)25(37)36(16)24)39-13-19-17(30)9-15(29)12-33-19/h3,5,7-12,38H,4,6,13H2,1-2H3/b5-3-/i13D2. The number of halogens is 4. The van der Waals surface area contributed by atoms with E-state index in [1.54, 1.807) is 12.2 Å². The van der Waals surface area contributed by atoms with E-state index in [0.29, 0.717) is 18.7 Å². The van der Waals surface area contributed by atoms with Gasteiger partial charge in [-0.05, 0) is 32.8 Å². The first-order valence-corrected chi connectivity index (χ1v) is 12.0. The van der Waals surface area contributed by atoms with Crippen LogP contribution in [0, 0.1) is 17.5 Å². The highest BCUT2D eigenvalue weighted by Crippen LogP contribution is 2.32. The number of pyridine rings is 3. The Morgan fingerprint density at radius 2 is 2.00 bits per heavy atom. The van der Waals surface area contributed by atoms with Gasteiger partial charge in [0, 0.05) is 35.8 Å². The third-order valence-electron chi connectivity index (χ3n) is 5.81. The predicted molar refractivity (Wildman–Crippen MR) is 137 cm³/mol. The fourth-order valence-electron chi connectivity index (χ4n) is 3.96. The first-order chi connectivity index (χ1) is 19.3. The lowest BCUT2D eigenvalue weighted by Gasteiger charge is -2.21. The molecule has 0 aliphatic carbocycles. The zero-order chi connectivity index (χ0) is 29.7. The molecule has 39 heavy (non-hydrogen) atoms. The number of hydrogen-bond acceptors (Lipinski definition) is 7. The molecule has 4 aromatic heterocycles. The molecule has 0 radical (unpaired) electrons. The minimum absolute atomic E-state index is 0.0339. The Bertz CT molecular complexity index is 1780. The average molecular weight is 558 g/mol. The van der Waals surface area contributed by atoms with Crippen molar-refractivity contribution in [3.05, 3.63) is 98.5 Å². The number of fused-ring (bicyclic) bond motifs is 3. The Kier molecular flexibility index (Phi) is 6.29. The van der Waals surface area contributed by atoms with Crippen molar-refractivity contribution in [1.29, 1.82) is 0 Å². The van der Waals surface area contributed by atoms with E-state index in [0.717, 1.165) is 4.57 Å². The van der Waals surface area contributed by atoms with Crippen molar-refractivity contribution in [2.75, 3.05) is 0 Å². The minimum Gasteiger partial charge on any atom is -0.485 e. The van der Waals surface area contributed by atoms with Gasteiger partial charge in [0.15, 0.2) is 17.5 Å². The third kappa shape index (κ3) is 5.15. The molecular weight excluding hydrogens is 535 g/mol. The molecule has 1 aliphatic rings. The topological polar surface area (TPSA) is 103 Å². The normalized spacial score (nSPS) is 14.8. The highest BCUT2D eigenvalue weighted by Gasteiger charge is 2.26. The van der Waals surface area contributed by atoms with Crippen LogP contribution in [0.2, 0.25) is 5.02 Å². The van der Waals surface area contributed by atoms with Crippen LogP contribution in [0.3, 0.4) is 0 Å². The number of aryl methyl sites for hydroxylation is 1. The molecule has 8 nitrogen and oxygen atoms in total. The largest absolute Gasteiger partial charge is 0.485 e. The highest BCUT2D eigenvalue weighted by molar-refractivity contribution is 6.31. The summed E-state index contributed by atoms with van der Waals surface area (Å²) in [5.41, 5.74) is -3.08. The van der Waals surface area contributed by atoms with Crippen molar-refractivity contribution in [2.24, 2.45) is 0 Å². The van der Waals surface area contributed by atoms with Crippen molar-refractivity contribution in [2.45, 2.75) is 38.8 Å². The number of hydrogen-bond donors (Lipinski definition) is 1. The summed E-state index contributed by atoms with van der Waals surface area (Å²) in [7, 11) is 0. The summed E-state index contributed by atoms with van der Waals surface area (Å²) in [5.74, 6) is -3.63. The number of rotatable bonds is 5. The summed E-state index contributed by atoms with van der Waals surface area (Å²) in [6, 6.07) is 3.10. The van der Waals surface area contributed by atoms with Gasteiger partial charge in [0.1, 0.15) is 40.1 Å². The van der Waals surface area contributed by atoms with Gasteiger partial charge in [-0.15, -0.1) is 0 Å². The minimum atomic E-state index is -2.94. The molecule has 0 unspecified atom stereocenters. The molecular formula is C27H21ClF3N5O3. The van der Waals surface area contributed by atoms with Crippen LogP contribution in [-0.4, -0.2) is 29.6 Å². The lowest BCUT2D eigenvalue weighted by molar-refractivity contribution is 0.0688. The molecule has 0 spiro atoms. The van der Waals surface area contributed by atoms with Crippen molar-refractivity contribution in [3.63, 3.8) is 0 Å². The fraction of sp³-hybridized carbons (Fsp3) is 0.222. The molecule has 0 saturated heterocycles. The molecule has 0 saturated carbocycles. The molecule has 0 amide bonds. The summed E-state index contributed by atoms with van der Waals surface area (Å²) in [6.07, 6.45) is 7.28. The number of ether oxygens (including phenoxy) is 1. The monoisotopic (exact) mass is 557 g/mol. The lowest BCUT2D eigenvalue weighted by atomic mass is 10.1. The van der Waals surface area contributed by atoms with Crippen molar-refractivity contribution in [1.82, 2.24) is 24.5 Å². The molecule has 12 heteroatoms. The van der Waals surface area contributed by atoms with Crippen LogP contribution in [0.25, 0.3) is 23.2 Å². The van der Waals surface area contributed by atoms with Gasteiger partial charge in [0.25, 0.3) is 5.56 Å². The predicted octanol–water partition coefficient (Wildman–Crippen LogP) is 4.92. The van der Waals surface area contributed by atoms with E-state index in [1.807, 2.05) is 0 Å². The van der Waals surface area contributed by atoms with E-state index >= 15 is 4.39 Å². The van der Waals surface area contributed by atoms with Crippen molar-refractivity contribution in [3.8, 4) is 22.8 Å². The van der Waals surface area contributed by atoms with E-state index in [-0.39, 0.29) is 40.6 Å². The Morgan fingerprint density at radius 1 is 1.21 bits per heavy atom. The molecule has 5 heterocycles. The summed E-state index contributed by atoms with van der Waals surface area (Å²) < 4.78 is 66.6. The zero-order valence-electron chi connectivity index (χ0n) is 22.5. The molecule has 0 fully saturated rings. The van der Waals surface area contributed by atoms with Gasteiger partial charge in [0.2, 0.25) is 0 Å². The van der Waals surface area contributed by atoms with E-state index < -0.39 is 51.6 Å². The molecule has 0 atom stereocenters. The van der Waals surface area contributed by atoms with E-state index in [4.69, 9.17) is 19.1 Å². The second-order valence-electron chi connectivity index (χ2n) is 9.13. The van der Waals surface area contributed by atoms with E-state index in [1.165, 1.54) is 38.4 Å². The zero-order valence-corrected chi connectivity index (χ0v) is 21.3. The first kappa shape index (κ1) is 24.0. The van der Waals surface area contributed by atoms with Gasteiger partial charge in [-0.2, -0.15) is 0 Å². The summed E-state index contributed by atoms with van der Waals surface area (Å²) in [5, 5.41) is 9.69. The molecule has 200 valence electrons. The number of aliphatic hydroxyl groups is 1. The SMILES string of the molecule is [2H]C([2H])(Oc1cc2n(c(=O)c1Cl)-c1c(cnc(-c3ccnc(C(C)(C)O)n3)c1F)/C=C\CC2)c1ncc(F)cc1F. The number of allylic oxidation sites excluding steroid dienone is 1. The molecule has 1 N–H and O–H groups in total. The Balaban J connectivity index is 1.66. The molecule has 0 aromatic carbocycles. The van der Waals surface area contributed by atoms with E-state index in [9.17, 15) is 18.7 Å². The van der Waals surface area contributed by atoms with Gasteiger partial charge in [-0.25, -0.2) is 23.1 Å². The summed E-state index contributed by atoms with van der Waals surface area (Å²) in [6.45, 7) is 0.00294. The highest BCUT2D eigenvalue weighted by atomic mass is 35.5. The van der Waals surface area contributed by atoms with Crippen LogP contribution < -0.4 is 10.3 Å². The Labute approximate surface area is 228 Å². The van der Waals surface area contributed by atoms with Gasteiger partial charge >= 0.3 is 0 Å². The molecule has 4 aromatic rings. The maximum atomic E-state index is 16.2. The molecule has 5 rings (SSSR count). The maximum Gasteiger partial charge on any atom is 0.278 e. The van der Waals surface area contributed by atoms with Gasteiger partial charge < -0.3 is 9.84 Å². The number of nitrogens with zero attached hydrogens (tertiary/aromatic N) is 5. The third-order valence-corrected chi connectivity index (χ3v) is 6.16. The van der Waals surface area contributed by atoms with Crippen LogP contribution in [0.1, 0.15) is 45.8 Å². The Morgan fingerprint density at radius 3 is 2.74 bits per heavy atom. The van der Waals surface area contributed by atoms with Crippen LogP contribution in [-0.2, 0) is 18.6 Å². The van der Waals surface area contributed by atoms with Crippen LogP contribution in [0.15, 0.2) is 47.7 Å². The maximum absolute atomic E-state index is 16.2. The average Bonchev–Trinajstić information content (AvgIpc) is 2.88. The van der Waals surface area contributed by atoms with Crippen LogP contribution >= 0.6 is 11.6 Å². The van der Waals surface area contributed by atoms with E-state index in [2.05, 4.69) is 19.9 Å². The van der Waals surface area contributed by atoms with Crippen LogP contribution in [0.4, 0.5) is 13.2 Å². The lowest BCUT2D eigenvalue weighted by Crippen LogP contribution is -2.26. The number of aromatic nitrogens is 5. The fourth-order valence-corrected chi connectivity index (χ4v) is 4.13. The van der Waals surface area contributed by atoms with Gasteiger partial charge in [-0.1, -0.05) is 23.8 Å². The van der Waals surface area contributed by atoms with Crippen LogP contribution in [0.5, 0.6) is 5.75 Å². The quantitative estimate of drug-likeness (QED) is 0.371. The van der Waals surface area contributed by atoms with Crippen molar-refractivity contribution < 1.29 is 25.8 Å².